The van der Waals surface area contributed by atoms with Gasteiger partial charge in [0.1, 0.15) is 24.4 Å². The molecule has 7 atom stereocenters. The van der Waals surface area contributed by atoms with Gasteiger partial charge in [-0.05, 0) is 89.9 Å². The van der Waals surface area contributed by atoms with Gasteiger partial charge in [-0.2, -0.15) is 0 Å². The first-order chi connectivity index (χ1) is 43.3. The van der Waals surface area contributed by atoms with Crippen LogP contribution in [0.2, 0.25) is 0 Å². The van der Waals surface area contributed by atoms with E-state index in [0.717, 1.165) is 109 Å². The monoisotopic (exact) mass is 1230 g/mol. The van der Waals surface area contributed by atoms with Gasteiger partial charge in [0, 0.05) is 6.42 Å². The Morgan fingerprint density at radius 3 is 1.05 bits per heavy atom. The van der Waals surface area contributed by atoms with Gasteiger partial charge in [-0.15, -0.1) is 0 Å². The van der Waals surface area contributed by atoms with Crippen molar-refractivity contribution in [2.75, 3.05) is 13.2 Å². The van der Waals surface area contributed by atoms with Gasteiger partial charge in [-0.25, -0.2) is 0 Å². The second kappa shape index (κ2) is 66.5. The summed E-state index contributed by atoms with van der Waals surface area (Å²) in [5, 5.41) is 55.0. The average molecular weight is 1230 g/mol. The third-order valence-corrected chi connectivity index (χ3v) is 16.8. The molecule has 1 amide bonds. The van der Waals surface area contributed by atoms with E-state index in [1.165, 1.54) is 180 Å². The number of unbranched alkanes of at least 4 members (excludes halogenated alkanes) is 33. The van der Waals surface area contributed by atoms with Gasteiger partial charge in [0.2, 0.25) is 5.91 Å². The number of hydrogen-bond donors (Lipinski definition) is 6. The highest BCUT2D eigenvalue weighted by Crippen LogP contribution is 2.24. The van der Waals surface area contributed by atoms with E-state index in [1.807, 2.05) is 0 Å². The molecule has 9 heteroatoms. The largest absolute Gasteiger partial charge is 0.394 e. The van der Waals surface area contributed by atoms with E-state index in [-0.39, 0.29) is 12.5 Å². The standard InChI is InChI=1S/C79H137NO8/c1-3-5-7-9-11-13-15-17-19-21-23-25-27-29-30-31-32-33-34-35-36-37-38-39-40-41-42-43-44-45-47-49-51-53-55-57-59-61-63-65-67-69-75(83)80-72(71-87-79-78(86)77(85)76(84)74(70-81)88-79)73(82)68-66-64-62-60-58-56-54-52-50-48-46-28-26-24-22-20-18-16-14-12-10-8-6-4-2/h5,7,11,13,17,19,23,25,29-30,32-33,35-36,38-39,41-42,44-45,72-74,76-79,81-82,84-86H,3-4,6,8-10,12,14-16,18,20-22,24,26-28,31,34,37,40,43,46-71H2,1-2H3,(H,80,83)/b7-5-,13-11-,19-17-,25-23-,30-29-,33-32-,36-35-,39-38-,42-41-,45-44-. The van der Waals surface area contributed by atoms with E-state index in [2.05, 4.69) is 141 Å². The molecule has 0 radical (unpaired) electrons. The van der Waals surface area contributed by atoms with Crippen molar-refractivity contribution in [1.82, 2.24) is 5.32 Å². The first-order valence-corrected chi connectivity index (χ1v) is 36.7. The molecule has 0 bridgehead atoms. The van der Waals surface area contributed by atoms with E-state index < -0.39 is 49.5 Å². The number of aliphatic hydroxyl groups excluding tert-OH is 5. The summed E-state index contributed by atoms with van der Waals surface area (Å²) in [6.45, 7) is 3.75. The number of ether oxygens (including phenoxy) is 2. The summed E-state index contributed by atoms with van der Waals surface area (Å²) in [6, 6.07) is -0.731. The molecular weight excluding hydrogens is 1090 g/mol. The predicted molar refractivity (Wildman–Crippen MR) is 377 cm³/mol. The van der Waals surface area contributed by atoms with Crippen LogP contribution in [-0.4, -0.2) is 87.5 Å². The average Bonchev–Trinajstić information content (AvgIpc) is 3.31. The highest BCUT2D eigenvalue weighted by atomic mass is 16.7. The minimum absolute atomic E-state index is 0.144. The van der Waals surface area contributed by atoms with Crippen molar-refractivity contribution in [2.24, 2.45) is 0 Å². The Morgan fingerprint density at radius 2 is 0.705 bits per heavy atom. The Hall–Kier alpha value is -3.41. The molecular formula is C79H137NO8. The lowest BCUT2D eigenvalue weighted by Crippen LogP contribution is -2.60. The molecule has 1 heterocycles. The van der Waals surface area contributed by atoms with Gasteiger partial charge >= 0.3 is 0 Å². The van der Waals surface area contributed by atoms with E-state index >= 15 is 0 Å². The maximum atomic E-state index is 13.2. The summed E-state index contributed by atoms with van der Waals surface area (Å²) in [5.41, 5.74) is 0. The molecule has 0 aromatic rings. The molecule has 88 heavy (non-hydrogen) atoms. The van der Waals surface area contributed by atoms with Crippen LogP contribution >= 0.6 is 0 Å². The van der Waals surface area contributed by atoms with Gasteiger partial charge in [0.05, 0.1) is 25.4 Å². The summed E-state index contributed by atoms with van der Waals surface area (Å²) < 4.78 is 11.4. The Morgan fingerprint density at radius 1 is 0.398 bits per heavy atom. The highest BCUT2D eigenvalue weighted by Gasteiger charge is 2.44. The van der Waals surface area contributed by atoms with Crippen LogP contribution in [0, 0.1) is 0 Å². The molecule has 506 valence electrons. The zero-order chi connectivity index (χ0) is 63.5. The zero-order valence-corrected chi connectivity index (χ0v) is 56.7. The first kappa shape index (κ1) is 82.6. The molecule has 0 aromatic heterocycles. The van der Waals surface area contributed by atoms with Crippen LogP contribution in [0.15, 0.2) is 122 Å². The van der Waals surface area contributed by atoms with E-state index in [1.54, 1.807) is 0 Å². The van der Waals surface area contributed by atoms with Crippen molar-refractivity contribution in [2.45, 2.75) is 358 Å². The molecule has 9 nitrogen and oxygen atoms in total. The number of carbonyl (C=O) groups excluding carboxylic acids is 1. The third-order valence-electron chi connectivity index (χ3n) is 16.8. The van der Waals surface area contributed by atoms with Crippen LogP contribution in [0.1, 0.15) is 316 Å². The molecule has 7 unspecified atom stereocenters. The fourth-order valence-corrected chi connectivity index (χ4v) is 11.1. The van der Waals surface area contributed by atoms with Crippen molar-refractivity contribution in [3.63, 3.8) is 0 Å². The Labute approximate surface area is 541 Å². The molecule has 1 fully saturated rings. The lowest BCUT2D eigenvalue weighted by molar-refractivity contribution is -0.302. The van der Waals surface area contributed by atoms with Crippen LogP contribution in [-0.2, 0) is 14.3 Å². The lowest BCUT2D eigenvalue weighted by atomic mass is 9.99. The topological polar surface area (TPSA) is 149 Å². The summed E-state index contributed by atoms with van der Waals surface area (Å²) in [4.78, 5) is 13.2. The van der Waals surface area contributed by atoms with Crippen LogP contribution in [0.4, 0.5) is 0 Å². The quantitative estimate of drug-likeness (QED) is 0.0261. The first-order valence-electron chi connectivity index (χ1n) is 36.7. The van der Waals surface area contributed by atoms with Crippen molar-refractivity contribution >= 4 is 5.91 Å². The van der Waals surface area contributed by atoms with Crippen molar-refractivity contribution in [3.8, 4) is 0 Å². The van der Waals surface area contributed by atoms with Gasteiger partial charge in [-0.3, -0.25) is 4.79 Å². The fraction of sp³-hybridized carbons (Fsp3) is 0.734. The van der Waals surface area contributed by atoms with Gasteiger partial charge in [0.25, 0.3) is 0 Å². The molecule has 1 rings (SSSR count). The number of allylic oxidation sites excluding steroid dienone is 20. The maximum absolute atomic E-state index is 13.2. The fourth-order valence-electron chi connectivity index (χ4n) is 11.1. The Kier molecular flexibility index (Phi) is 62.4. The normalized spacial score (nSPS) is 18.6. The lowest BCUT2D eigenvalue weighted by Gasteiger charge is -2.40. The summed E-state index contributed by atoms with van der Waals surface area (Å²) in [6.07, 6.45) is 92.6. The molecule has 0 saturated carbocycles. The number of rotatable bonds is 63. The molecule has 0 aliphatic carbocycles. The smallest absolute Gasteiger partial charge is 0.220 e. The van der Waals surface area contributed by atoms with Crippen molar-refractivity contribution in [3.05, 3.63) is 122 Å². The predicted octanol–water partition coefficient (Wildman–Crippen LogP) is 20.6. The minimum atomic E-state index is -1.56. The molecule has 1 aliphatic rings. The third kappa shape index (κ3) is 54.3. The highest BCUT2D eigenvalue weighted by molar-refractivity contribution is 5.76. The van der Waals surface area contributed by atoms with Crippen LogP contribution in [0.5, 0.6) is 0 Å². The number of aliphatic hydroxyl groups is 5. The number of amides is 1. The molecule has 6 N–H and O–H groups in total. The molecule has 0 aromatic carbocycles. The van der Waals surface area contributed by atoms with E-state index in [4.69, 9.17) is 9.47 Å². The summed E-state index contributed by atoms with van der Waals surface area (Å²) in [7, 11) is 0. The summed E-state index contributed by atoms with van der Waals surface area (Å²) in [5.74, 6) is -0.149. The number of carbonyl (C=O) groups is 1. The zero-order valence-electron chi connectivity index (χ0n) is 56.7. The molecule has 1 aliphatic heterocycles. The van der Waals surface area contributed by atoms with Crippen LogP contribution in [0.3, 0.4) is 0 Å². The second-order valence-electron chi connectivity index (χ2n) is 25.0. The van der Waals surface area contributed by atoms with Crippen molar-refractivity contribution in [1.29, 1.82) is 0 Å². The SMILES string of the molecule is CC/C=C\C/C=C\C/C=C\C/C=C\C/C=C\C/C=C\C/C=C\C/C=C\C/C=C\C/C=C\CCCCCCCCCCCCC(=O)NC(COC1OC(CO)C(O)C(O)C1O)C(O)CCCCCCCCCCCCCCCCCCCCCCCCCC. The molecule has 0 spiro atoms. The minimum Gasteiger partial charge on any atom is -0.394 e. The van der Waals surface area contributed by atoms with Gasteiger partial charge < -0.3 is 40.3 Å². The number of nitrogens with one attached hydrogen (secondary N) is 1. The summed E-state index contributed by atoms with van der Waals surface area (Å²) >= 11 is 0. The second-order valence-corrected chi connectivity index (χ2v) is 25.0. The van der Waals surface area contributed by atoms with Crippen LogP contribution in [0.25, 0.3) is 0 Å². The van der Waals surface area contributed by atoms with Gasteiger partial charge in [-0.1, -0.05) is 341 Å². The van der Waals surface area contributed by atoms with E-state index in [0.29, 0.717) is 12.8 Å². The Balaban J connectivity index is 2.12. The Bertz CT molecular complexity index is 1810. The molecule has 1 saturated heterocycles. The van der Waals surface area contributed by atoms with E-state index in [9.17, 15) is 30.3 Å². The van der Waals surface area contributed by atoms with Crippen molar-refractivity contribution < 1.29 is 39.8 Å². The number of hydrogen-bond acceptors (Lipinski definition) is 8. The van der Waals surface area contributed by atoms with Gasteiger partial charge in [0.15, 0.2) is 6.29 Å². The van der Waals surface area contributed by atoms with Crippen LogP contribution < -0.4 is 5.32 Å². The maximum Gasteiger partial charge on any atom is 0.220 e.